The zero-order valence-electron chi connectivity index (χ0n) is 15.9. The smallest absolute Gasteiger partial charge is 0.194 e. The van der Waals surface area contributed by atoms with Gasteiger partial charge in [0.2, 0.25) is 0 Å². The van der Waals surface area contributed by atoms with Gasteiger partial charge in [-0.15, -0.1) is 11.3 Å². The number of quaternary nitrogens is 1. The minimum Gasteiger partial charge on any atom is -0.550 e. The lowest BCUT2D eigenvalue weighted by molar-refractivity contribution is -0.919. The first-order valence-electron chi connectivity index (χ1n) is 9.32. The van der Waals surface area contributed by atoms with Gasteiger partial charge in [0, 0.05) is 41.9 Å². The van der Waals surface area contributed by atoms with Crippen LogP contribution < -0.4 is 19.5 Å². The molecule has 0 radical (unpaired) electrons. The fraction of sp³-hybridized carbons (Fsp3) is 0.400. The van der Waals surface area contributed by atoms with Crippen molar-refractivity contribution >= 4 is 22.3 Å². The highest BCUT2D eigenvalue weighted by Crippen LogP contribution is 2.34. The number of aliphatic carboxylic acids is 1. The van der Waals surface area contributed by atoms with E-state index in [0.717, 1.165) is 41.5 Å². The van der Waals surface area contributed by atoms with Crippen LogP contribution >= 0.6 is 11.3 Å². The van der Waals surface area contributed by atoms with Gasteiger partial charge >= 0.3 is 0 Å². The zero-order valence-corrected chi connectivity index (χ0v) is 16.8. The van der Waals surface area contributed by atoms with Gasteiger partial charge in [-0.2, -0.15) is 0 Å². The highest BCUT2D eigenvalue weighted by molar-refractivity contribution is 7.15. The number of carbonyl (C=O) groups excluding carboxylic acids is 1. The number of thiazole rings is 1. The van der Waals surface area contributed by atoms with Gasteiger partial charge in [-0.1, -0.05) is 0 Å². The molecule has 0 saturated carbocycles. The van der Waals surface area contributed by atoms with Crippen molar-refractivity contribution in [1.29, 1.82) is 0 Å². The fourth-order valence-electron chi connectivity index (χ4n) is 3.89. The Morgan fingerprint density at radius 3 is 2.71 bits per heavy atom. The van der Waals surface area contributed by atoms with Gasteiger partial charge < -0.3 is 24.3 Å². The van der Waals surface area contributed by atoms with Gasteiger partial charge in [-0.25, -0.2) is 4.98 Å². The van der Waals surface area contributed by atoms with Crippen molar-refractivity contribution in [2.45, 2.75) is 19.4 Å². The molecule has 0 unspecified atom stereocenters. The maximum absolute atomic E-state index is 11.1. The molecule has 1 aliphatic rings. The summed E-state index contributed by atoms with van der Waals surface area (Å²) < 4.78 is 12.9. The van der Waals surface area contributed by atoms with E-state index in [1.165, 1.54) is 4.90 Å². The van der Waals surface area contributed by atoms with E-state index in [1.807, 2.05) is 29.8 Å². The third-order valence-electron chi connectivity index (χ3n) is 5.46. The standard InChI is InChI=1S/C20H23N3O4S/c1-26-16-4-3-14(11-17(16)27-2)18-15(23-9-10-28-20(23)21-18)12-22-7-5-13(6-8-22)19(24)25/h3-4,9-11,13H,5-8,12H2,1-2H3,(H,24,25). The summed E-state index contributed by atoms with van der Waals surface area (Å²) in [5.74, 6) is 0.114. The Morgan fingerprint density at radius 2 is 2.04 bits per heavy atom. The van der Waals surface area contributed by atoms with Crippen molar-refractivity contribution in [3.63, 3.8) is 0 Å². The summed E-state index contributed by atoms with van der Waals surface area (Å²) in [5.41, 5.74) is 3.04. The van der Waals surface area contributed by atoms with E-state index in [1.54, 1.807) is 25.6 Å². The molecule has 4 rings (SSSR count). The molecule has 1 fully saturated rings. The average molecular weight is 401 g/mol. The molecule has 2 aromatic heterocycles. The van der Waals surface area contributed by atoms with E-state index >= 15 is 0 Å². The lowest BCUT2D eigenvalue weighted by atomic mass is 9.97. The molecule has 1 N–H and O–H groups in total. The second-order valence-corrected chi connectivity index (χ2v) is 7.93. The predicted octanol–water partition coefficient (Wildman–Crippen LogP) is 0.625. The Kier molecular flexibility index (Phi) is 5.23. The van der Waals surface area contributed by atoms with Gasteiger partial charge in [-0.3, -0.25) is 4.40 Å². The zero-order chi connectivity index (χ0) is 19.7. The number of piperidine rings is 1. The Bertz CT molecular complexity index is 989. The van der Waals surface area contributed by atoms with Crippen molar-refractivity contribution in [2.75, 3.05) is 27.3 Å². The monoisotopic (exact) mass is 401 g/mol. The largest absolute Gasteiger partial charge is 0.550 e. The van der Waals surface area contributed by atoms with Gasteiger partial charge in [0.05, 0.1) is 33.0 Å². The molecule has 0 bridgehead atoms. The number of hydrogen-bond donors (Lipinski definition) is 1. The molecule has 0 aliphatic carbocycles. The predicted molar refractivity (Wildman–Crippen MR) is 104 cm³/mol. The minimum atomic E-state index is -0.922. The van der Waals surface area contributed by atoms with Gasteiger partial charge in [-0.05, 0) is 18.2 Å². The third-order valence-corrected chi connectivity index (χ3v) is 6.22. The van der Waals surface area contributed by atoms with Crippen molar-refractivity contribution in [3.05, 3.63) is 35.5 Å². The first-order chi connectivity index (χ1) is 13.6. The van der Waals surface area contributed by atoms with Crippen molar-refractivity contribution in [2.24, 2.45) is 5.92 Å². The summed E-state index contributed by atoms with van der Waals surface area (Å²) in [6.07, 6.45) is 3.36. The molecule has 1 aromatic carbocycles. The van der Waals surface area contributed by atoms with Gasteiger partial charge in [0.15, 0.2) is 16.5 Å². The molecule has 28 heavy (non-hydrogen) atoms. The Morgan fingerprint density at radius 1 is 1.29 bits per heavy atom. The number of carboxylic acid groups (broad SMARTS) is 1. The van der Waals surface area contributed by atoms with E-state index in [-0.39, 0.29) is 5.92 Å². The SMILES string of the molecule is COc1ccc(-c2nc3sccn3c2C[NH+]2CCC(C(=O)[O-])CC2)cc1OC. The number of ether oxygens (including phenoxy) is 2. The normalized spacial score (nSPS) is 19.6. The molecule has 0 amide bonds. The topological polar surface area (TPSA) is 80.3 Å². The van der Waals surface area contributed by atoms with Gasteiger partial charge in [0.25, 0.3) is 0 Å². The number of imidazole rings is 1. The fourth-order valence-corrected chi connectivity index (χ4v) is 4.62. The van der Waals surface area contributed by atoms with Crippen molar-refractivity contribution < 1.29 is 24.3 Å². The van der Waals surface area contributed by atoms with E-state index in [4.69, 9.17) is 14.5 Å². The minimum absolute atomic E-state index is 0.319. The van der Waals surface area contributed by atoms with E-state index in [0.29, 0.717) is 24.3 Å². The molecule has 148 valence electrons. The van der Waals surface area contributed by atoms with E-state index in [2.05, 4.69) is 4.40 Å². The number of aromatic nitrogens is 2. The number of carbonyl (C=O) groups is 1. The second-order valence-electron chi connectivity index (χ2n) is 7.05. The molecule has 7 nitrogen and oxygen atoms in total. The third kappa shape index (κ3) is 3.45. The number of rotatable bonds is 6. The van der Waals surface area contributed by atoms with E-state index < -0.39 is 5.97 Å². The summed E-state index contributed by atoms with van der Waals surface area (Å²) in [4.78, 5) is 18.3. The number of benzene rings is 1. The van der Waals surface area contributed by atoms with Crippen LogP contribution in [0.3, 0.4) is 0 Å². The Hall–Kier alpha value is -2.58. The maximum Gasteiger partial charge on any atom is 0.194 e. The van der Waals surface area contributed by atoms with Crippen LogP contribution in [-0.2, 0) is 11.3 Å². The number of nitrogens with one attached hydrogen (secondary N) is 1. The summed E-state index contributed by atoms with van der Waals surface area (Å²) in [6.45, 7) is 2.43. The molecule has 3 aromatic rings. The van der Waals surface area contributed by atoms with E-state index in [9.17, 15) is 9.90 Å². The highest BCUT2D eigenvalue weighted by atomic mass is 32.1. The lowest BCUT2D eigenvalue weighted by Gasteiger charge is -2.29. The first-order valence-corrected chi connectivity index (χ1v) is 10.2. The van der Waals surface area contributed by atoms with Crippen LogP contribution in [0.2, 0.25) is 0 Å². The molecule has 0 spiro atoms. The summed E-state index contributed by atoms with van der Waals surface area (Å²) in [6, 6.07) is 5.84. The molecule has 8 heteroatoms. The number of likely N-dealkylation sites (tertiary alicyclic amines) is 1. The summed E-state index contributed by atoms with van der Waals surface area (Å²) in [7, 11) is 3.25. The lowest BCUT2D eigenvalue weighted by Crippen LogP contribution is -3.12. The Balaban J connectivity index is 1.65. The van der Waals surface area contributed by atoms with Crippen molar-refractivity contribution in [1.82, 2.24) is 9.38 Å². The van der Waals surface area contributed by atoms with Crippen LogP contribution in [0.4, 0.5) is 0 Å². The summed E-state index contributed by atoms with van der Waals surface area (Å²) >= 11 is 1.60. The number of carboxylic acids is 1. The van der Waals surface area contributed by atoms with Crippen LogP contribution in [0.15, 0.2) is 29.8 Å². The van der Waals surface area contributed by atoms with Gasteiger partial charge in [0.1, 0.15) is 12.2 Å². The van der Waals surface area contributed by atoms with Crippen LogP contribution in [0.25, 0.3) is 16.2 Å². The quantitative estimate of drug-likeness (QED) is 0.655. The second kappa shape index (κ2) is 7.81. The maximum atomic E-state index is 11.1. The number of nitrogens with zero attached hydrogens (tertiary/aromatic N) is 2. The van der Waals surface area contributed by atoms with Crippen molar-refractivity contribution in [3.8, 4) is 22.8 Å². The number of methoxy groups -OCH3 is 2. The van der Waals surface area contributed by atoms with Crippen LogP contribution in [0.5, 0.6) is 11.5 Å². The molecular formula is C20H23N3O4S. The van der Waals surface area contributed by atoms with Crippen LogP contribution in [0, 0.1) is 5.92 Å². The molecule has 0 atom stereocenters. The van der Waals surface area contributed by atoms with Crippen LogP contribution in [-0.4, -0.2) is 42.7 Å². The molecule has 3 heterocycles. The number of hydrogen-bond acceptors (Lipinski definition) is 6. The first kappa shape index (κ1) is 18.8. The highest BCUT2D eigenvalue weighted by Gasteiger charge is 2.26. The van der Waals surface area contributed by atoms with Crippen LogP contribution in [0.1, 0.15) is 18.5 Å². The molecule has 1 aliphatic heterocycles. The summed E-state index contributed by atoms with van der Waals surface area (Å²) in [5, 5.41) is 13.1. The molecular weight excluding hydrogens is 378 g/mol. The molecule has 1 saturated heterocycles. The average Bonchev–Trinajstić information content (AvgIpc) is 3.30. The Labute approximate surface area is 167 Å². The number of fused-ring (bicyclic) bond motifs is 1.